The summed E-state index contributed by atoms with van der Waals surface area (Å²) < 4.78 is 0.559. The van der Waals surface area contributed by atoms with Crippen LogP contribution in [0.25, 0.3) is 11.1 Å². The molecule has 0 aliphatic heterocycles. The SMILES string of the molecule is S=c1cc(-c2cc(Cl)ccc2Cl)cn[nH]1. The Morgan fingerprint density at radius 3 is 2.73 bits per heavy atom. The summed E-state index contributed by atoms with van der Waals surface area (Å²) in [6.07, 6.45) is 1.66. The van der Waals surface area contributed by atoms with E-state index in [2.05, 4.69) is 10.2 Å². The van der Waals surface area contributed by atoms with Gasteiger partial charge in [-0.3, -0.25) is 5.10 Å². The highest BCUT2D eigenvalue weighted by atomic mass is 35.5. The third-order valence-corrected chi connectivity index (χ3v) is 2.68. The molecule has 0 fully saturated rings. The zero-order chi connectivity index (χ0) is 10.8. The second-order valence-electron chi connectivity index (χ2n) is 2.96. The second kappa shape index (κ2) is 4.31. The molecule has 1 heterocycles. The molecular weight excluding hydrogens is 251 g/mol. The van der Waals surface area contributed by atoms with Crippen LogP contribution < -0.4 is 0 Å². The fourth-order valence-corrected chi connectivity index (χ4v) is 1.82. The third kappa shape index (κ3) is 2.37. The molecule has 0 aliphatic carbocycles. The number of hydrogen-bond donors (Lipinski definition) is 1. The fraction of sp³-hybridized carbons (Fsp3) is 0. The van der Waals surface area contributed by atoms with Crippen LogP contribution in [0, 0.1) is 4.64 Å². The largest absolute Gasteiger partial charge is 0.268 e. The van der Waals surface area contributed by atoms with Crippen LogP contribution in [0.3, 0.4) is 0 Å². The first-order valence-corrected chi connectivity index (χ1v) is 5.33. The van der Waals surface area contributed by atoms with Gasteiger partial charge in [-0.1, -0.05) is 35.4 Å². The summed E-state index contributed by atoms with van der Waals surface area (Å²) in [6.45, 7) is 0. The minimum atomic E-state index is 0.559. The number of benzene rings is 1. The van der Waals surface area contributed by atoms with Crippen LogP contribution in [-0.4, -0.2) is 10.2 Å². The van der Waals surface area contributed by atoms with Crippen LogP contribution >= 0.6 is 35.4 Å². The van der Waals surface area contributed by atoms with Gasteiger partial charge in [0.1, 0.15) is 4.64 Å². The Labute approximate surface area is 102 Å². The lowest BCUT2D eigenvalue weighted by molar-refractivity contribution is 1.02. The maximum Gasteiger partial charge on any atom is 0.120 e. The molecule has 0 amide bonds. The first kappa shape index (κ1) is 10.6. The minimum Gasteiger partial charge on any atom is -0.268 e. The van der Waals surface area contributed by atoms with Gasteiger partial charge < -0.3 is 0 Å². The maximum atomic E-state index is 6.05. The normalized spacial score (nSPS) is 10.3. The van der Waals surface area contributed by atoms with Gasteiger partial charge in [0.15, 0.2) is 0 Å². The molecule has 2 nitrogen and oxygen atoms in total. The molecule has 1 aromatic carbocycles. The van der Waals surface area contributed by atoms with Crippen molar-refractivity contribution in [1.82, 2.24) is 10.2 Å². The van der Waals surface area contributed by atoms with Gasteiger partial charge in [-0.05, 0) is 24.3 Å². The molecule has 15 heavy (non-hydrogen) atoms. The predicted octanol–water partition coefficient (Wildman–Crippen LogP) is 4.11. The summed E-state index contributed by atoms with van der Waals surface area (Å²) in [5.41, 5.74) is 1.68. The molecular formula is C10H6Cl2N2S. The van der Waals surface area contributed by atoms with Crippen molar-refractivity contribution in [3.63, 3.8) is 0 Å². The van der Waals surface area contributed by atoms with Gasteiger partial charge >= 0.3 is 0 Å². The van der Waals surface area contributed by atoms with E-state index in [1.54, 1.807) is 30.5 Å². The summed E-state index contributed by atoms with van der Waals surface area (Å²) >= 11 is 16.9. The lowest BCUT2D eigenvalue weighted by atomic mass is 10.1. The smallest absolute Gasteiger partial charge is 0.120 e. The number of H-pyrrole nitrogens is 1. The van der Waals surface area contributed by atoms with Crippen molar-refractivity contribution in [2.24, 2.45) is 0 Å². The Bertz CT molecular complexity index is 551. The lowest BCUT2D eigenvalue weighted by Gasteiger charge is -2.03. The van der Waals surface area contributed by atoms with E-state index in [0.717, 1.165) is 11.1 Å². The van der Waals surface area contributed by atoms with Gasteiger partial charge in [-0.15, -0.1) is 0 Å². The lowest BCUT2D eigenvalue weighted by Crippen LogP contribution is -1.85. The number of nitrogens with zero attached hydrogens (tertiary/aromatic N) is 1. The van der Waals surface area contributed by atoms with Crippen molar-refractivity contribution in [3.8, 4) is 11.1 Å². The molecule has 0 bridgehead atoms. The summed E-state index contributed by atoms with van der Waals surface area (Å²) in [4.78, 5) is 0. The van der Waals surface area contributed by atoms with Crippen molar-refractivity contribution in [3.05, 3.63) is 45.1 Å². The van der Waals surface area contributed by atoms with Crippen molar-refractivity contribution in [2.45, 2.75) is 0 Å². The molecule has 0 saturated heterocycles. The number of aromatic nitrogens is 2. The van der Waals surface area contributed by atoms with Gasteiger partial charge in [0.05, 0.1) is 6.20 Å². The number of aromatic amines is 1. The van der Waals surface area contributed by atoms with Gasteiger partial charge in [0.25, 0.3) is 0 Å². The molecule has 2 aromatic rings. The van der Waals surface area contributed by atoms with Gasteiger partial charge in [-0.2, -0.15) is 5.10 Å². The monoisotopic (exact) mass is 256 g/mol. The summed E-state index contributed by atoms with van der Waals surface area (Å²) in [5, 5.41) is 7.82. The Balaban J connectivity index is 2.63. The van der Waals surface area contributed by atoms with Crippen LogP contribution in [0.4, 0.5) is 0 Å². The van der Waals surface area contributed by atoms with E-state index in [-0.39, 0.29) is 0 Å². The molecule has 2 rings (SSSR count). The van der Waals surface area contributed by atoms with E-state index in [1.165, 1.54) is 0 Å². The summed E-state index contributed by atoms with van der Waals surface area (Å²) in [7, 11) is 0. The third-order valence-electron chi connectivity index (χ3n) is 1.90. The van der Waals surface area contributed by atoms with Gasteiger partial charge in [0, 0.05) is 21.2 Å². The molecule has 0 unspecified atom stereocenters. The standard InChI is InChI=1S/C10H6Cl2N2S/c11-7-1-2-9(12)8(4-7)6-3-10(15)14-13-5-6/h1-5H,(H,14,15). The summed E-state index contributed by atoms with van der Waals surface area (Å²) in [6, 6.07) is 7.07. The highest BCUT2D eigenvalue weighted by Gasteiger charge is 2.04. The van der Waals surface area contributed by atoms with E-state index < -0.39 is 0 Å². The van der Waals surface area contributed by atoms with Crippen LogP contribution in [0.15, 0.2) is 30.5 Å². The average Bonchev–Trinajstić information content (AvgIpc) is 2.22. The molecule has 76 valence electrons. The molecule has 0 radical (unpaired) electrons. The molecule has 1 N–H and O–H groups in total. The molecule has 0 aliphatic rings. The second-order valence-corrected chi connectivity index (χ2v) is 4.24. The zero-order valence-electron chi connectivity index (χ0n) is 7.50. The number of halogens is 2. The number of nitrogens with one attached hydrogen (secondary N) is 1. The van der Waals surface area contributed by atoms with Crippen LogP contribution in [0.5, 0.6) is 0 Å². The zero-order valence-corrected chi connectivity index (χ0v) is 9.83. The van der Waals surface area contributed by atoms with E-state index in [9.17, 15) is 0 Å². The quantitative estimate of drug-likeness (QED) is 0.778. The van der Waals surface area contributed by atoms with Gasteiger partial charge in [0.2, 0.25) is 0 Å². The fourth-order valence-electron chi connectivity index (χ4n) is 1.24. The van der Waals surface area contributed by atoms with Gasteiger partial charge in [-0.25, -0.2) is 0 Å². The van der Waals surface area contributed by atoms with E-state index >= 15 is 0 Å². The van der Waals surface area contributed by atoms with Crippen molar-refractivity contribution >= 4 is 35.4 Å². The van der Waals surface area contributed by atoms with E-state index in [4.69, 9.17) is 35.4 Å². The minimum absolute atomic E-state index is 0.559. The molecule has 0 atom stereocenters. The van der Waals surface area contributed by atoms with E-state index in [0.29, 0.717) is 14.7 Å². The highest BCUT2D eigenvalue weighted by Crippen LogP contribution is 2.29. The molecule has 0 spiro atoms. The number of rotatable bonds is 1. The highest BCUT2D eigenvalue weighted by molar-refractivity contribution is 7.71. The van der Waals surface area contributed by atoms with Crippen molar-refractivity contribution in [2.75, 3.05) is 0 Å². The Kier molecular flexibility index (Phi) is 3.05. The van der Waals surface area contributed by atoms with Crippen molar-refractivity contribution in [1.29, 1.82) is 0 Å². The summed E-state index contributed by atoms with van der Waals surface area (Å²) in [5.74, 6) is 0. The number of hydrogen-bond acceptors (Lipinski definition) is 2. The topological polar surface area (TPSA) is 28.7 Å². The van der Waals surface area contributed by atoms with Crippen LogP contribution in [0.2, 0.25) is 10.0 Å². The average molecular weight is 257 g/mol. The molecule has 0 saturated carbocycles. The van der Waals surface area contributed by atoms with E-state index in [1.807, 2.05) is 0 Å². The first-order chi connectivity index (χ1) is 7.16. The van der Waals surface area contributed by atoms with Crippen LogP contribution in [-0.2, 0) is 0 Å². The first-order valence-electron chi connectivity index (χ1n) is 4.17. The molecule has 1 aromatic heterocycles. The van der Waals surface area contributed by atoms with Crippen molar-refractivity contribution < 1.29 is 0 Å². The molecule has 5 heteroatoms. The maximum absolute atomic E-state index is 6.05. The predicted molar refractivity (Wildman–Crippen MR) is 64.9 cm³/mol. The Hall–Kier alpha value is -0.900. The Morgan fingerprint density at radius 1 is 1.20 bits per heavy atom. The van der Waals surface area contributed by atoms with Crippen LogP contribution in [0.1, 0.15) is 0 Å². The Morgan fingerprint density at radius 2 is 2.00 bits per heavy atom.